The second kappa shape index (κ2) is 8.87. The summed E-state index contributed by atoms with van der Waals surface area (Å²) in [5.41, 5.74) is 0. The van der Waals surface area contributed by atoms with Crippen molar-refractivity contribution in [3.63, 3.8) is 0 Å². The molecule has 0 aromatic heterocycles. The summed E-state index contributed by atoms with van der Waals surface area (Å²) in [5, 5.41) is 5.68. The number of carbonyl (C=O) groups excluding carboxylic acids is 3. The quantitative estimate of drug-likeness (QED) is 0.755. The summed E-state index contributed by atoms with van der Waals surface area (Å²) >= 11 is 3.40. The van der Waals surface area contributed by atoms with Crippen LogP contribution in [0.3, 0.4) is 0 Å². The third kappa shape index (κ3) is 4.68. The van der Waals surface area contributed by atoms with Gasteiger partial charge in [0.1, 0.15) is 0 Å². The number of carbonyl (C=O) groups is 3. The molecule has 2 aliphatic heterocycles. The van der Waals surface area contributed by atoms with Gasteiger partial charge < -0.3 is 10.1 Å². The summed E-state index contributed by atoms with van der Waals surface area (Å²) in [5.74, 6) is 1.51. The Balaban J connectivity index is 1.52. The molecule has 3 rings (SSSR count). The molecule has 0 spiro atoms. The van der Waals surface area contributed by atoms with Crippen molar-refractivity contribution in [3.05, 3.63) is 0 Å². The van der Waals surface area contributed by atoms with Gasteiger partial charge in [-0.15, -0.1) is 23.5 Å². The maximum atomic E-state index is 12.8. The lowest BCUT2D eigenvalue weighted by molar-refractivity contribution is -0.125. The Hall–Kier alpha value is -0.890. The number of ether oxygens (including phenoxy) is 1. The zero-order chi connectivity index (χ0) is 18.7. The molecule has 1 aliphatic carbocycles. The average Bonchev–Trinajstić information content (AvgIpc) is 3.21. The third-order valence-electron chi connectivity index (χ3n) is 5.54. The van der Waals surface area contributed by atoms with Gasteiger partial charge in [0, 0.05) is 5.25 Å². The molecule has 3 amide bonds. The van der Waals surface area contributed by atoms with Crippen LogP contribution in [0.1, 0.15) is 46.0 Å². The number of alkyl carbamates (subject to hydrolysis) is 1. The number of hydrogen-bond donors (Lipinski definition) is 2. The van der Waals surface area contributed by atoms with E-state index in [1.807, 2.05) is 11.8 Å². The summed E-state index contributed by atoms with van der Waals surface area (Å²) < 4.78 is 4.76. The van der Waals surface area contributed by atoms with E-state index in [2.05, 4.69) is 17.6 Å². The summed E-state index contributed by atoms with van der Waals surface area (Å²) in [4.78, 5) is 36.5. The summed E-state index contributed by atoms with van der Waals surface area (Å²) in [7, 11) is 0. The average molecular weight is 401 g/mol. The van der Waals surface area contributed by atoms with E-state index >= 15 is 0 Å². The molecule has 1 saturated carbocycles. The van der Waals surface area contributed by atoms with Crippen molar-refractivity contribution in [1.29, 1.82) is 0 Å². The van der Waals surface area contributed by atoms with Crippen molar-refractivity contribution in [1.82, 2.24) is 10.6 Å². The van der Waals surface area contributed by atoms with Crippen LogP contribution in [0.15, 0.2) is 0 Å². The first-order valence-electron chi connectivity index (χ1n) is 9.53. The lowest BCUT2D eigenvalue weighted by Crippen LogP contribution is -2.46. The van der Waals surface area contributed by atoms with E-state index in [4.69, 9.17) is 4.74 Å². The van der Waals surface area contributed by atoms with E-state index in [0.29, 0.717) is 17.6 Å². The Morgan fingerprint density at radius 3 is 2.69 bits per heavy atom. The van der Waals surface area contributed by atoms with Crippen LogP contribution < -0.4 is 10.6 Å². The van der Waals surface area contributed by atoms with Crippen molar-refractivity contribution >= 4 is 41.4 Å². The molecule has 8 heteroatoms. The van der Waals surface area contributed by atoms with E-state index in [-0.39, 0.29) is 35.0 Å². The predicted octanol–water partition coefficient (Wildman–Crippen LogP) is 2.76. The Morgan fingerprint density at radius 2 is 1.92 bits per heavy atom. The lowest BCUT2D eigenvalue weighted by Gasteiger charge is -2.28. The molecule has 6 nitrogen and oxygen atoms in total. The molecule has 3 aliphatic rings. The van der Waals surface area contributed by atoms with Crippen molar-refractivity contribution in [3.8, 4) is 0 Å². The highest BCUT2D eigenvalue weighted by atomic mass is 32.2. The van der Waals surface area contributed by atoms with Gasteiger partial charge in [-0.1, -0.05) is 6.92 Å². The van der Waals surface area contributed by atoms with E-state index in [1.165, 1.54) is 19.3 Å². The number of fused-ring (bicyclic) bond motifs is 1. The van der Waals surface area contributed by atoms with Crippen LogP contribution in [0, 0.1) is 17.8 Å². The Kier molecular flexibility index (Phi) is 6.77. The number of nitrogens with one attached hydrogen (secondary N) is 2. The first-order valence-corrected chi connectivity index (χ1v) is 11.5. The van der Waals surface area contributed by atoms with E-state index in [1.54, 1.807) is 18.7 Å². The van der Waals surface area contributed by atoms with Gasteiger partial charge in [0.25, 0.3) is 0 Å². The highest BCUT2D eigenvalue weighted by molar-refractivity contribution is 8.01. The van der Waals surface area contributed by atoms with E-state index in [0.717, 1.165) is 18.1 Å². The highest BCUT2D eigenvalue weighted by Gasteiger charge is 2.43. The monoisotopic (exact) mass is 400 g/mol. The topological polar surface area (TPSA) is 84.5 Å². The largest absolute Gasteiger partial charge is 0.450 e. The molecule has 2 saturated heterocycles. The standard InChI is InChI=1S/C18H28N2O4S2/c1-3-24-18(23)20-15(21)12-6-7-25-17(12)19-16(22)14-9-11-8-10(2)4-5-13(11)26-14/h10-14,17H,3-9H2,1-2H3,(H,19,22)(H,20,21,23). The first-order chi connectivity index (χ1) is 12.5. The van der Waals surface area contributed by atoms with Crippen LogP contribution in [0.2, 0.25) is 0 Å². The van der Waals surface area contributed by atoms with Gasteiger partial charge in [-0.2, -0.15) is 0 Å². The van der Waals surface area contributed by atoms with Crippen LogP contribution in [-0.4, -0.2) is 46.1 Å². The molecule has 6 unspecified atom stereocenters. The lowest BCUT2D eigenvalue weighted by atomic mass is 9.80. The maximum Gasteiger partial charge on any atom is 0.413 e. The van der Waals surface area contributed by atoms with Gasteiger partial charge in [-0.3, -0.25) is 14.9 Å². The van der Waals surface area contributed by atoms with Gasteiger partial charge in [0.15, 0.2) is 0 Å². The molecule has 0 bridgehead atoms. The fourth-order valence-electron chi connectivity index (χ4n) is 4.20. The van der Waals surface area contributed by atoms with E-state index in [9.17, 15) is 14.4 Å². The van der Waals surface area contributed by atoms with Crippen molar-refractivity contribution in [2.24, 2.45) is 17.8 Å². The number of thioether (sulfide) groups is 2. The summed E-state index contributed by atoms with van der Waals surface area (Å²) in [6.07, 6.45) is 4.58. The zero-order valence-corrected chi connectivity index (χ0v) is 17.0. The van der Waals surface area contributed by atoms with Crippen molar-refractivity contribution < 1.29 is 19.1 Å². The Bertz CT molecular complexity index is 559. The van der Waals surface area contributed by atoms with Crippen molar-refractivity contribution in [2.45, 2.75) is 61.8 Å². The Morgan fingerprint density at radius 1 is 1.12 bits per heavy atom. The van der Waals surface area contributed by atoms with Gasteiger partial charge in [0.2, 0.25) is 11.8 Å². The first kappa shape index (κ1) is 19.9. The van der Waals surface area contributed by atoms with Crippen LogP contribution in [-0.2, 0) is 14.3 Å². The number of imide groups is 1. The molecule has 146 valence electrons. The molecular weight excluding hydrogens is 372 g/mol. The van der Waals surface area contributed by atoms with Crippen LogP contribution in [0.25, 0.3) is 0 Å². The molecule has 2 N–H and O–H groups in total. The van der Waals surface area contributed by atoms with E-state index < -0.39 is 6.09 Å². The molecule has 3 fully saturated rings. The molecular formula is C18H28N2O4S2. The number of amides is 3. The van der Waals surface area contributed by atoms with Gasteiger partial charge >= 0.3 is 6.09 Å². The number of rotatable bonds is 4. The molecule has 0 radical (unpaired) electrons. The molecule has 2 heterocycles. The fourth-order valence-corrected chi connectivity index (χ4v) is 7.23. The van der Waals surface area contributed by atoms with Crippen LogP contribution in [0.5, 0.6) is 0 Å². The second-order valence-electron chi connectivity index (χ2n) is 7.48. The fraction of sp³-hybridized carbons (Fsp3) is 0.833. The minimum absolute atomic E-state index is 0.00901. The molecule has 0 aromatic rings. The minimum atomic E-state index is -0.718. The smallest absolute Gasteiger partial charge is 0.413 e. The second-order valence-corrected chi connectivity index (χ2v) is 10.2. The van der Waals surface area contributed by atoms with Gasteiger partial charge in [0.05, 0.1) is 23.1 Å². The molecule has 0 aromatic carbocycles. The Labute approximate surface area is 163 Å². The SMILES string of the molecule is CCOC(=O)NC(=O)C1CCSC1NC(=O)C1CC2CC(C)CCC2S1. The summed E-state index contributed by atoms with van der Waals surface area (Å²) in [6, 6.07) is 0. The van der Waals surface area contributed by atoms with Gasteiger partial charge in [-0.05, 0) is 56.6 Å². The third-order valence-corrected chi connectivity index (χ3v) is 8.52. The maximum absolute atomic E-state index is 12.8. The predicted molar refractivity (Wildman–Crippen MR) is 104 cm³/mol. The summed E-state index contributed by atoms with van der Waals surface area (Å²) in [6.45, 7) is 4.21. The van der Waals surface area contributed by atoms with Gasteiger partial charge in [-0.25, -0.2) is 4.79 Å². The van der Waals surface area contributed by atoms with Crippen LogP contribution in [0.4, 0.5) is 4.79 Å². The van der Waals surface area contributed by atoms with Crippen LogP contribution >= 0.6 is 23.5 Å². The molecule has 6 atom stereocenters. The highest BCUT2D eigenvalue weighted by Crippen LogP contribution is 2.48. The normalized spacial score (nSPS) is 36.2. The molecule has 26 heavy (non-hydrogen) atoms. The minimum Gasteiger partial charge on any atom is -0.450 e. The van der Waals surface area contributed by atoms with Crippen molar-refractivity contribution in [2.75, 3.05) is 12.4 Å². The number of hydrogen-bond acceptors (Lipinski definition) is 6. The zero-order valence-electron chi connectivity index (χ0n) is 15.4.